The first-order valence-corrected chi connectivity index (χ1v) is 31.5. The van der Waals surface area contributed by atoms with Crippen LogP contribution in [0.1, 0.15) is 0 Å². The van der Waals surface area contributed by atoms with Gasteiger partial charge in [-0.3, -0.25) is 4.57 Å². The molecule has 6 nitrogen and oxygen atoms in total. The summed E-state index contributed by atoms with van der Waals surface area (Å²) in [5.41, 5.74) is 18.0. The van der Waals surface area contributed by atoms with E-state index >= 15 is 0 Å². The number of hydrogen-bond acceptors (Lipinski definition) is 6. The zero-order chi connectivity index (χ0) is 59.2. The van der Waals surface area contributed by atoms with Crippen LogP contribution >= 0.6 is 34.3 Å². The molecular weight excluding hydrogens is 1140 g/mol. The summed E-state index contributed by atoms with van der Waals surface area (Å²) in [6.45, 7) is 0. The Hall–Kier alpha value is -10.9. The van der Waals surface area contributed by atoms with Crippen LogP contribution in [0.25, 0.3) is 157 Å². The van der Waals surface area contributed by atoms with Crippen LogP contribution in [0, 0.1) is 0 Å². The van der Waals surface area contributed by atoms with Gasteiger partial charge in [0.05, 0.1) is 22.4 Å². The summed E-state index contributed by atoms with van der Waals surface area (Å²) in [6, 6.07) is 102. The van der Waals surface area contributed by atoms with Gasteiger partial charge in [-0.1, -0.05) is 231 Å². The molecule has 420 valence electrons. The van der Waals surface area contributed by atoms with E-state index in [4.69, 9.17) is 21.6 Å². The second-order valence-electron chi connectivity index (χ2n) is 21.9. The molecule has 0 saturated heterocycles. The average Bonchev–Trinajstić information content (AvgIpc) is 1.66. The molecule has 89 heavy (non-hydrogen) atoms. The minimum atomic E-state index is 0.259. The zero-order valence-electron chi connectivity index (χ0n) is 47.8. The molecule has 0 radical (unpaired) electrons. The maximum Gasteiger partial charge on any atom is 0.235 e. The van der Waals surface area contributed by atoms with Gasteiger partial charge in [0.25, 0.3) is 0 Å². The molecule has 0 spiro atoms. The highest BCUT2D eigenvalue weighted by atomic mass is 35.5. The number of aromatic amines is 1. The van der Waals surface area contributed by atoms with Crippen LogP contribution in [0.5, 0.6) is 0 Å². The lowest BCUT2D eigenvalue weighted by molar-refractivity contribution is 0.992. The minimum Gasteiger partial charge on any atom is -0.354 e. The number of nitrogens with one attached hydrogen (secondary N) is 1. The molecule has 0 bridgehead atoms. The SMILES string of the molecule is Clc1nccc(-c2cccc(-c3ccc(-c4ccccc4)cc3)c2)n1.c1ccc(-c2ccc(-c3cccc(-c4ccnc(-n5c6ccccc6c6c7sc8ccccc8c7ccc65)n4)c3)cc2)cc1.c1ccc2c(c1)[nH]c1ccc3c4ccccc4sc3c12. The molecule has 1 N–H and O–H groups in total. The first-order chi connectivity index (χ1) is 44.0. The van der Waals surface area contributed by atoms with Gasteiger partial charge >= 0.3 is 0 Å². The lowest BCUT2D eigenvalue weighted by Gasteiger charge is -2.10. The molecule has 0 saturated carbocycles. The number of rotatable bonds is 7. The summed E-state index contributed by atoms with van der Waals surface area (Å²) in [6.07, 6.45) is 3.55. The van der Waals surface area contributed by atoms with Crippen LogP contribution in [0.15, 0.2) is 304 Å². The van der Waals surface area contributed by atoms with E-state index in [1.165, 1.54) is 106 Å². The molecule has 18 rings (SSSR count). The van der Waals surface area contributed by atoms with E-state index in [-0.39, 0.29) is 5.28 Å². The standard InChI is InChI=1S/C40H25N3S.C22H15ClN2.C18H11NS/c1-2-9-26(10-3-1)27-17-19-28(20-18-27)29-11-8-12-30(25-29)34-23-24-41-40(42-34)43-35-15-6-4-14-33(35)38-36(43)22-21-32-31-13-5-7-16-37(31)44-39(32)38;23-22-24-14-13-21(25-22)20-8-4-7-19(15-20)18-11-9-17(10-12-18)16-5-2-1-3-6-16;1-3-7-14-13(6-1)17-15(19-14)10-9-12-11-5-2-4-8-16(11)20-18(12)17/h1-25H;1-15H;1-10,19H. The fourth-order valence-corrected chi connectivity index (χ4v) is 15.0. The molecular formula is C80H51ClN6S2. The van der Waals surface area contributed by atoms with E-state index in [9.17, 15) is 0 Å². The predicted molar refractivity (Wildman–Crippen MR) is 378 cm³/mol. The summed E-state index contributed by atoms with van der Waals surface area (Å²) in [7, 11) is 0. The van der Waals surface area contributed by atoms with Crippen molar-refractivity contribution >= 4 is 118 Å². The van der Waals surface area contributed by atoms with Crippen molar-refractivity contribution in [2.45, 2.75) is 0 Å². The largest absolute Gasteiger partial charge is 0.354 e. The normalized spacial score (nSPS) is 11.4. The van der Waals surface area contributed by atoms with E-state index < -0.39 is 0 Å². The number of benzene rings is 12. The van der Waals surface area contributed by atoms with Crippen LogP contribution in [-0.2, 0) is 0 Å². The third-order valence-corrected chi connectivity index (χ3v) is 19.2. The monoisotopic (exact) mass is 1190 g/mol. The van der Waals surface area contributed by atoms with E-state index in [0.29, 0.717) is 5.95 Å². The fraction of sp³-hybridized carbons (Fsp3) is 0. The molecule has 12 aromatic carbocycles. The van der Waals surface area contributed by atoms with Crippen molar-refractivity contribution in [2.24, 2.45) is 0 Å². The van der Waals surface area contributed by atoms with Gasteiger partial charge < -0.3 is 4.98 Å². The van der Waals surface area contributed by atoms with Crippen LogP contribution in [0.4, 0.5) is 0 Å². The van der Waals surface area contributed by atoms with Crippen LogP contribution in [-0.4, -0.2) is 29.5 Å². The Labute approximate surface area is 526 Å². The minimum absolute atomic E-state index is 0.259. The van der Waals surface area contributed by atoms with E-state index in [1.807, 2.05) is 65.3 Å². The highest BCUT2D eigenvalue weighted by molar-refractivity contribution is 7.27. The van der Waals surface area contributed by atoms with E-state index in [0.717, 1.165) is 44.7 Å². The second-order valence-corrected chi connectivity index (χ2v) is 24.4. The van der Waals surface area contributed by atoms with Crippen LogP contribution in [0.3, 0.4) is 0 Å². The Morgan fingerprint density at radius 3 is 1.35 bits per heavy atom. The molecule has 18 aromatic rings. The Balaban J connectivity index is 0.000000119. The smallest absolute Gasteiger partial charge is 0.235 e. The summed E-state index contributed by atoms with van der Waals surface area (Å²) >= 11 is 9.65. The Morgan fingerprint density at radius 1 is 0.303 bits per heavy atom. The number of fused-ring (bicyclic) bond motifs is 14. The quantitative estimate of drug-likeness (QED) is 0.161. The molecule has 0 atom stereocenters. The number of halogens is 1. The third kappa shape index (κ3) is 10.1. The lowest BCUT2D eigenvalue weighted by atomic mass is 9.98. The molecule has 0 aliphatic carbocycles. The first kappa shape index (κ1) is 53.6. The van der Waals surface area contributed by atoms with Crippen molar-refractivity contribution in [3.63, 3.8) is 0 Å². The van der Waals surface area contributed by atoms with Gasteiger partial charge in [0.2, 0.25) is 11.2 Å². The number of aromatic nitrogens is 6. The fourth-order valence-electron chi connectivity index (χ4n) is 12.4. The van der Waals surface area contributed by atoms with Crippen molar-refractivity contribution in [1.82, 2.24) is 29.5 Å². The Bertz CT molecular complexity index is 5630. The van der Waals surface area contributed by atoms with Crippen LogP contribution < -0.4 is 0 Å². The zero-order valence-corrected chi connectivity index (χ0v) is 50.2. The summed E-state index contributed by atoms with van der Waals surface area (Å²) < 4.78 is 7.58. The Kier molecular flexibility index (Phi) is 13.9. The Morgan fingerprint density at radius 2 is 0.753 bits per heavy atom. The van der Waals surface area contributed by atoms with Gasteiger partial charge in [-0.25, -0.2) is 19.9 Å². The molecule has 0 unspecified atom stereocenters. The highest BCUT2D eigenvalue weighted by Crippen LogP contribution is 2.44. The molecule has 0 fully saturated rings. The summed E-state index contributed by atoms with van der Waals surface area (Å²) in [4.78, 5) is 21.7. The number of hydrogen-bond donors (Lipinski definition) is 1. The molecule has 9 heteroatoms. The van der Waals surface area contributed by atoms with Crippen molar-refractivity contribution in [3.05, 3.63) is 309 Å². The van der Waals surface area contributed by atoms with Crippen LogP contribution in [0.2, 0.25) is 5.28 Å². The van der Waals surface area contributed by atoms with E-state index in [2.05, 4.69) is 274 Å². The second kappa shape index (κ2) is 23.1. The lowest BCUT2D eigenvalue weighted by Crippen LogP contribution is -2.01. The number of para-hydroxylation sites is 2. The molecule has 6 aromatic heterocycles. The summed E-state index contributed by atoms with van der Waals surface area (Å²) in [5, 5.41) is 10.7. The number of thiophene rings is 2. The van der Waals surface area contributed by atoms with Gasteiger partial charge in [0.1, 0.15) is 0 Å². The topological polar surface area (TPSA) is 72.3 Å². The molecule has 0 amide bonds. The van der Waals surface area contributed by atoms with Crippen molar-refractivity contribution in [1.29, 1.82) is 0 Å². The maximum absolute atomic E-state index is 5.90. The van der Waals surface area contributed by atoms with E-state index in [1.54, 1.807) is 6.20 Å². The van der Waals surface area contributed by atoms with Crippen molar-refractivity contribution in [3.8, 4) is 73.0 Å². The third-order valence-electron chi connectivity index (χ3n) is 16.6. The van der Waals surface area contributed by atoms with Gasteiger partial charge in [-0.2, -0.15) is 0 Å². The summed E-state index contributed by atoms with van der Waals surface area (Å²) in [5.74, 6) is 0.673. The molecule has 0 aliphatic rings. The predicted octanol–water partition coefficient (Wildman–Crippen LogP) is 22.8. The van der Waals surface area contributed by atoms with Gasteiger partial charge in [-0.05, 0) is 117 Å². The van der Waals surface area contributed by atoms with Crippen molar-refractivity contribution in [2.75, 3.05) is 0 Å². The van der Waals surface area contributed by atoms with Crippen molar-refractivity contribution < 1.29 is 0 Å². The maximum atomic E-state index is 5.90. The number of nitrogens with zero attached hydrogens (tertiary/aromatic N) is 5. The highest BCUT2D eigenvalue weighted by Gasteiger charge is 2.20. The van der Waals surface area contributed by atoms with Gasteiger partial charge in [0, 0.05) is 96.4 Å². The average molecular weight is 1200 g/mol. The molecule has 0 aliphatic heterocycles. The first-order valence-electron chi connectivity index (χ1n) is 29.5. The number of H-pyrrole nitrogens is 1. The van der Waals surface area contributed by atoms with Gasteiger partial charge in [-0.15, -0.1) is 22.7 Å². The van der Waals surface area contributed by atoms with Gasteiger partial charge in [0.15, 0.2) is 0 Å². The molecule has 6 heterocycles.